The number of hydrogen-bond donors (Lipinski definition) is 1. The molecule has 26 heavy (non-hydrogen) atoms. The predicted octanol–water partition coefficient (Wildman–Crippen LogP) is 3.55. The molecular weight excluding hydrogens is 420 g/mol. The van der Waals surface area contributed by atoms with Gasteiger partial charge in [-0.15, -0.1) is 0 Å². The van der Waals surface area contributed by atoms with Crippen molar-refractivity contribution >= 4 is 50.9 Å². The molecule has 0 spiro atoms. The second-order valence-corrected chi connectivity index (χ2v) is 8.47. The maximum absolute atomic E-state index is 12.6. The molecule has 4 atom stereocenters. The molecule has 0 aromatic heterocycles. The highest BCUT2D eigenvalue weighted by Crippen LogP contribution is 2.52. The summed E-state index contributed by atoms with van der Waals surface area (Å²) in [6, 6.07) is 3.51. The first-order valence-electron chi connectivity index (χ1n) is 8.66. The molecule has 2 aliphatic carbocycles. The number of allylic oxidation sites excluding steroid dienone is 2. The average molecular weight is 438 g/mol. The van der Waals surface area contributed by atoms with Crippen LogP contribution in [0.4, 0.5) is 5.69 Å². The lowest BCUT2D eigenvalue weighted by atomic mass is 9.85. The fourth-order valence-corrected chi connectivity index (χ4v) is 5.01. The summed E-state index contributed by atoms with van der Waals surface area (Å²) in [5.41, 5.74) is 1.50. The molecule has 1 N–H and O–H groups in total. The highest BCUT2D eigenvalue weighted by molar-refractivity contribution is 9.10. The zero-order valence-corrected chi connectivity index (χ0v) is 16.5. The molecule has 1 saturated carbocycles. The van der Waals surface area contributed by atoms with Gasteiger partial charge in [-0.3, -0.25) is 19.3 Å². The number of imide groups is 1. The van der Waals surface area contributed by atoms with E-state index in [1.807, 2.05) is 13.0 Å². The predicted molar refractivity (Wildman–Crippen MR) is 102 cm³/mol. The molecule has 1 aromatic rings. The number of rotatable bonds is 4. The third kappa shape index (κ3) is 2.79. The summed E-state index contributed by atoms with van der Waals surface area (Å²) >= 11 is 9.42. The maximum atomic E-state index is 12.6. The van der Waals surface area contributed by atoms with Crippen LogP contribution in [0.3, 0.4) is 0 Å². The number of benzene rings is 1. The molecule has 1 heterocycles. The summed E-state index contributed by atoms with van der Waals surface area (Å²) in [5.74, 6) is -0.535. The fraction of sp³-hybridized carbons (Fsp3) is 0.421. The van der Waals surface area contributed by atoms with Crippen molar-refractivity contribution in [3.63, 3.8) is 0 Å². The third-order valence-electron chi connectivity index (χ3n) is 5.67. The van der Waals surface area contributed by atoms with Gasteiger partial charge in [-0.05, 0) is 58.8 Å². The number of nitrogens with one attached hydrogen (secondary N) is 1. The number of halogens is 2. The Hall–Kier alpha value is -1.66. The molecule has 1 aromatic carbocycles. The molecular formula is C19H18BrClN2O3. The van der Waals surface area contributed by atoms with Crippen molar-refractivity contribution in [2.75, 3.05) is 11.9 Å². The Morgan fingerprint density at radius 1 is 1.23 bits per heavy atom. The van der Waals surface area contributed by atoms with Crippen LogP contribution in [0.2, 0.25) is 5.02 Å². The van der Waals surface area contributed by atoms with E-state index in [1.165, 1.54) is 4.90 Å². The van der Waals surface area contributed by atoms with Crippen molar-refractivity contribution in [1.29, 1.82) is 0 Å². The molecule has 2 bridgehead atoms. The van der Waals surface area contributed by atoms with Crippen LogP contribution in [0.15, 0.2) is 28.8 Å². The lowest BCUT2D eigenvalue weighted by Crippen LogP contribution is -2.35. The molecule has 1 saturated heterocycles. The van der Waals surface area contributed by atoms with E-state index < -0.39 is 0 Å². The molecule has 2 fully saturated rings. The summed E-state index contributed by atoms with van der Waals surface area (Å²) in [6.45, 7) is 1.99. The van der Waals surface area contributed by atoms with E-state index in [0.717, 1.165) is 16.5 Å². The van der Waals surface area contributed by atoms with Gasteiger partial charge in [0.25, 0.3) is 0 Å². The highest BCUT2D eigenvalue weighted by Gasteiger charge is 2.58. The molecule has 3 aliphatic rings. The van der Waals surface area contributed by atoms with E-state index in [4.69, 9.17) is 11.6 Å². The number of amides is 3. The van der Waals surface area contributed by atoms with E-state index in [0.29, 0.717) is 10.7 Å². The van der Waals surface area contributed by atoms with Gasteiger partial charge >= 0.3 is 0 Å². The van der Waals surface area contributed by atoms with Crippen molar-refractivity contribution in [3.05, 3.63) is 39.3 Å². The van der Waals surface area contributed by atoms with Crippen molar-refractivity contribution in [2.24, 2.45) is 23.7 Å². The Balaban J connectivity index is 1.39. The first kappa shape index (κ1) is 17.7. The van der Waals surface area contributed by atoms with Crippen molar-refractivity contribution in [3.8, 4) is 0 Å². The van der Waals surface area contributed by atoms with E-state index in [2.05, 4.69) is 33.4 Å². The summed E-state index contributed by atoms with van der Waals surface area (Å²) < 4.78 is 0.762. The number of nitrogens with zero attached hydrogens (tertiary/aromatic N) is 1. The molecule has 0 radical (unpaired) electrons. The van der Waals surface area contributed by atoms with Gasteiger partial charge in [0.15, 0.2) is 0 Å². The van der Waals surface area contributed by atoms with Crippen LogP contribution < -0.4 is 5.32 Å². The number of hydrogen-bond acceptors (Lipinski definition) is 3. The normalized spacial score (nSPS) is 28.8. The van der Waals surface area contributed by atoms with Crippen LogP contribution in [0, 0.1) is 30.6 Å². The van der Waals surface area contributed by atoms with Gasteiger partial charge in [-0.2, -0.15) is 0 Å². The number of anilines is 1. The topological polar surface area (TPSA) is 66.5 Å². The summed E-state index contributed by atoms with van der Waals surface area (Å²) in [7, 11) is 0. The summed E-state index contributed by atoms with van der Waals surface area (Å²) in [6.07, 6.45) is 5.11. The Kier molecular flexibility index (Phi) is 4.43. The first-order valence-corrected chi connectivity index (χ1v) is 9.83. The number of carbonyl (C=O) groups is 3. The van der Waals surface area contributed by atoms with Crippen LogP contribution in [-0.2, 0) is 14.4 Å². The number of fused-ring (bicyclic) bond motifs is 5. The summed E-state index contributed by atoms with van der Waals surface area (Å²) in [4.78, 5) is 38.8. The lowest BCUT2D eigenvalue weighted by molar-refractivity contribution is -0.140. The van der Waals surface area contributed by atoms with Crippen molar-refractivity contribution in [2.45, 2.75) is 19.8 Å². The third-order valence-corrected chi connectivity index (χ3v) is 6.86. The zero-order valence-electron chi connectivity index (χ0n) is 14.2. The van der Waals surface area contributed by atoms with Gasteiger partial charge in [0, 0.05) is 23.1 Å². The van der Waals surface area contributed by atoms with Gasteiger partial charge in [-0.25, -0.2) is 0 Å². The summed E-state index contributed by atoms with van der Waals surface area (Å²) in [5, 5.41) is 3.31. The Morgan fingerprint density at radius 2 is 1.85 bits per heavy atom. The Labute approximate surface area is 164 Å². The number of likely N-dealkylation sites (tertiary alicyclic amines) is 1. The van der Waals surface area contributed by atoms with Crippen LogP contribution >= 0.6 is 27.5 Å². The molecule has 4 unspecified atom stereocenters. The Bertz CT molecular complexity index is 823. The minimum absolute atomic E-state index is 0.0762. The second kappa shape index (κ2) is 6.50. The maximum Gasteiger partial charge on any atom is 0.233 e. The van der Waals surface area contributed by atoms with Gasteiger partial charge in [-0.1, -0.05) is 23.8 Å². The SMILES string of the molecule is Cc1cc(Br)c(Cl)cc1NC(=O)CCN1C(=O)C2C3C=CC(C3)C2C1=O. The second-order valence-electron chi connectivity index (χ2n) is 7.21. The van der Waals surface area contributed by atoms with Crippen LogP contribution in [0.1, 0.15) is 18.4 Å². The standard InChI is InChI=1S/C19H18BrClN2O3/c1-9-6-12(20)13(21)8-14(9)22-15(24)4-5-23-18(25)16-10-2-3-11(7-10)17(16)19(23)26/h2-3,6,8,10-11,16-17H,4-5,7H2,1H3,(H,22,24). The van der Waals surface area contributed by atoms with Crippen molar-refractivity contribution in [1.82, 2.24) is 4.90 Å². The molecule has 136 valence electrons. The zero-order chi connectivity index (χ0) is 18.6. The van der Waals surface area contributed by atoms with E-state index in [-0.39, 0.29) is 54.4 Å². The lowest BCUT2D eigenvalue weighted by Gasteiger charge is -2.17. The van der Waals surface area contributed by atoms with Gasteiger partial charge in [0.05, 0.1) is 16.9 Å². The molecule has 1 aliphatic heterocycles. The quantitative estimate of drug-likeness (QED) is 0.579. The fourth-order valence-electron chi connectivity index (χ4n) is 4.39. The first-order chi connectivity index (χ1) is 12.4. The molecule has 4 rings (SSSR count). The van der Waals surface area contributed by atoms with Gasteiger partial charge in [0.1, 0.15) is 0 Å². The average Bonchev–Trinajstić information content (AvgIpc) is 3.26. The number of aryl methyl sites for hydroxylation is 1. The largest absolute Gasteiger partial charge is 0.326 e. The Morgan fingerprint density at radius 3 is 2.46 bits per heavy atom. The highest BCUT2D eigenvalue weighted by atomic mass is 79.9. The number of carbonyl (C=O) groups excluding carboxylic acids is 3. The van der Waals surface area contributed by atoms with E-state index in [9.17, 15) is 14.4 Å². The van der Waals surface area contributed by atoms with Gasteiger partial charge in [0.2, 0.25) is 17.7 Å². The molecule has 3 amide bonds. The van der Waals surface area contributed by atoms with Crippen molar-refractivity contribution < 1.29 is 14.4 Å². The minimum atomic E-state index is -0.245. The molecule has 7 heteroatoms. The van der Waals surface area contributed by atoms with Crippen LogP contribution in [-0.4, -0.2) is 29.2 Å². The van der Waals surface area contributed by atoms with E-state index >= 15 is 0 Å². The van der Waals surface area contributed by atoms with Crippen LogP contribution in [0.25, 0.3) is 0 Å². The minimum Gasteiger partial charge on any atom is -0.326 e. The van der Waals surface area contributed by atoms with E-state index in [1.54, 1.807) is 6.07 Å². The van der Waals surface area contributed by atoms with Crippen LogP contribution in [0.5, 0.6) is 0 Å². The molecule has 5 nitrogen and oxygen atoms in total. The van der Waals surface area contributed by atoms with Gasteiger partial charge < -0.3 is 5.32 Å². The monoisotopic (exact) mass is 436 g/mol. The smallest absolute Gasteiger partial charge is 0.233 e.